The highest BCUT2D eigenvalue weighted by Crippen LogP contribution is 2.19. The van der Waals surface area contributed by atoms with Gasteiger partial charge in [-0.3, -0.25) is 9.59 Å². The van der Waals surface area contributed by atoms with E-state index in [-0.39, 0.29) is 23.4 Å². The fourth-order valence-electron chi connectivity index (χ4n) is 3.30. The second-order valence-electron chi connectivity index (χ2n) is 8.11. The van der Waals surface area contributed by atoms with E-state index in [4.69, 9.17) is 23.2 Å². The van der Waals surface area contributed by atoms with Crippen LogP contribution in [0.1, 0.15) is 39.2 Å². The van der Waals surface area contributed by atoms with E-state index < -0.39 is 28.5 Å². The highest BCUT2D eigenvalue weighted by Gasteiger charge is 2.32. The quantitative estimate of drug-likeness (QED) is 0.470. The van der Waals surface area contributed by atoms with Crippen molar-refractivity contribution in [2.45, 2.75) is 57.1 Å². The van der Waals surface area contributed by atoms with Crippen LogP contribution in [0.3, 0.4) is 0 Å². The van der Waals surface area contributed by atoms with Gasteiger partial charge in [-0.15, -0.1) is 0 Å². The molecular weight excluding hydrogens is 497 g/mol. The first-order valence-electron chi connectivity index (χ1n) is 11.1. The summed E-state index contributed by atoms with van der Waals surface area (Å²) in [4.78, 5) is 27.9. The summed E-state index contributed by atoms with van der Waals surface area (Å²) in [5, 5.41) is 3.89. The molecule has 2 aromatic rings. The number of hydrogen-bond donors (Lipinski definition) is 1. The lowest BCUT2D eigenvalue weighted by molar-refractivity contribution is -0.141. The average Bonchev–Trinajstić information content (AvgIpc) is 2.80. The Labute approximate surface area is 212 Å². The largest absolute Gasteiger partial charge is 0.352 e. The third-order valence-corrected chi connectivity index (χ3v) is 7.85. The van der Waals surface area contributed by atoms with Gasteiger partial charge in [0.05, 0.1) is 11.4 Å². The number of carbonyl (C=O) groups excluding carboxylic acids is 2. The second kappa shape index (κ2) is 12.5. The molecule has 0 aliphatic carbocycles. The Balaban J connectivity index is 2.32. The van der Waals surface area contributed by atoms with Crippen molar-refractivity contribution in [3.8, 4) is 0 Å². The van der Waals surface area contributed by atoms with E-state index in [0.29, 0.717) is 16.5 Å². The Bertz CT molecular complexity index is 1080. The van der Waals surface area contributed by atoms with Crippen LogP contribution in [-0.2, 0) is 26.2 Å². The lowest BCUT2D eigenvalue weighted by Gasteiger charge is -2.32. The highest BCUT2D eigenvalue weighted by atomic mass is 35.5. The molecule has 0 radical (unpaired) electrons. The van der Waals surface area contributed by atoms with Gasteiger partial charge in [-0.1, -0.05) is 49.2 Å². The molecule has 0 bridgehead atoms. The third kappa shape index (κ3) is 7.43. The maximum atomic E-state index is 13.4. The van der Waals surface area contributed by atoms with Crippen LogP contribution in [0.2, 0.25) is 10.0 Å². The number of hydrogen-bond acceptors (Lipinski definition) is 4. The number of halogens is 2. The van der Waals surface area contributed by atoms with Crippen LogP contribution in [0.5, 0.6) is 0 Å². The number of nitrogens with zero attached hydrogens (tertiary/aromatic N) is 2. The Morgan fingerprint density at radius 2 is 1.47 bits per heavy atom. The van der Waals surface area contributed by atoms with Crippen molar-refractivity contribution in [3.05, 3.63) is 64.1 Å². The van der Waals surface area contributed by atoms with Crippen molar-refractivity contribution in [2.75, 3.05) is 13.6 Å². The van der Waals surface area contributed by atoms with E-state index >= 15 is 0 Å². The van der Waals surface area contributed by atoms with Crippen molar-refractivity contribution in [1.29, 1.82) is 0 Å². The van der Waals surface area contributed by atoms with Gasteiger partial charge in [0.1, 0.15) is 6.04 Å². The maximum Gasteiger partial charge on any atom is 0.243 e. The molecule has 0 fully saturated rings. The molecule has 34 heavy (non-hydrogen) atoms. The zero-order valence-electron chi connectivity index (χ0n) is 19.8. The Kier molecular flexibility index (Phi) is 10.4. The van der Waals surface area contributed by atoms with Gasteiger partial charge in [0.15, 0.2) is 0 Å². The normalized spacial score (nSPS) is 13.4. The first-order chi connectivity index (χ1) is 16.0. The van der Waals surface area contributed by atoms with Crippen molar-refractivity contribution >= 4 is 45.0 Å². The third-order valence-electron chi connectivity index (χ3n) is 5.53. The molecule has 0 aliphatic rings. The smallest absolute Gasteiger partial charge is 0.243 e. The monoisotopic (exact) mass is 527 g/mol. The minimum atomic E-state index is -3.93. The highest BCUT2D eigenvalue weighted by molar-refractivity contribution is 7.89. The van der Waals surface area contributed by atoms with Crippen LogP contribution in [0.15, 0.2) is 53.4 Å². The predicted molar refractivity (Wildman–Crippen MR) is 135 cm³/mol. The molecule has 0 unspecified atom stereocenters. The molecule has 2 aromatic carbocycles. The molecule has 0 saturated carbocycles. The Hall–Kier alpha value is -2.13. The zero-order chi connectivity index (χ0) is 25.5. The molecule has 186 valence electrons. The van der Waals surface area contributed by atoms with Crippen LogP contribution in [0.25, 0.3) is 0 Å². The van der Waals surface area contributed by atoms with Gasteiger partial charge in [-0.2, -0.15) is 4.31 Å². The van der Waals surface area contributed by atoms with E-state index in [0.717, 1.165) is 16.3 Å². The molecule has 0 saturated heterocycles. The minimum absolute atomic E-state index is 0.0259. The lowest BCUT2D eigenvalue weighted by Crippen LogP contribution is -2.53. The van der Waals surface area contributed by atoms with Gasteiger partial charge in [-0.05, 0) is 61.7 Å². The van der Waals surface area contributed by atoms with Crippen molar-refractivity contribution in [3.63, 3.8) is 0 Å². The molecule has 0 aliphatic heterocycles. The van der Waals surface area contributed by atoms with Gasteiger partial charge in [0.25, 0.3) is 0 Å². The second-order valence-corrected chi connectivity index (χ2v) is 11.0. The zero-order valence-corrected chi connectivity index (χ0v) is 22.1. The van der Waals surface area contributed by atoms with Crippen LogP contribution in [-0.4, -0.2) is 55.1 Å². The average molecular weight is 529 g/mol. The van der Waals surface area contributed by atoms with Crippen LogP contribution in [0.4, 0.5) is 0 Å². The van der Waals surface area contributed by atoms with Crippen LogP contribution < -0.4 is 5.32 Å². The van der Waals surface area contributed by atoms with E-state index in [2.05, 4.69) is 5.32 Å². The fraction of sp³-hybridized carbons (Fsp3) is 0.417. The first-order valence-corrected chi connectivity index (χ1v) is 13.2. The van der Waals surface area contributed by atoms with E-state index in [9.17, 15) is 18.0 Å². The lowest BCUT2D eigenvalue weighted by atomic mass is 10.1. The molecule has 2 rings (SSSR count). The van der Waals surface area contributed by atoms with Gasteiger partial charge in [0, 0.05) is 29.7 Å². The molecule has 10 heteroatoms. The molecule has 0 heterocycles. The van der Waals surface area contributed by atoms with Gasteiger partial charge >= 0.3 is 0 Å². The van der Waals surface area contributed by atoms with Gasteiger partial charge in [0.2, 0.25) is 21.8 Å². The van der Waals surface area contributed by atoms with Crippen LogP contribution in [0, 0.1) is 0 Å². The number of amides is 2. The number of sulfonamides is 1. The summed E-state index contributed by atoms with van der Waals surface area (Å²) in [5.74, 6) is -0.761. The number of carbonyl (C=O) groups is 2. The molecule has 0 spiro atoms. The standard InChI is InChI=1S/C24H31Cl2N3O4S/c1-5-17(3)27-24(31)22(6-2)29(15-18-7-9-19(25)10-8-18)23(30)16-28(4)34(32,33)21-13-11-20(26)12-14-21/h7-14,17,22H,5-6,15-16H2,1-4H3,(H,27,31)/t17-,22+/m0/s1. The molecule has 1 N–H and O–H groups in total. The first kappa shape index (κ1) is 28.1. The summed E-state index contributed by atoms with van der Waals surface area (Å²) in [6, 6.07) is 11.9. The van der Waals surface area contributed by atoms with Crippen LogP contribution >= 0.6 is 23.2 Å². The summed E-state index contributed by atoms with van der Waals surface area (Å²) in [5.41, 5.74) is 0.774. The number of nitrogens with one attached hydrogen (secondary N) is 1. The topological polar surface area (TPSA) is 86.8 Å². The number of rotatable bonds is 11. The predicted octanol–water partition coefficient (Wildman–Crippen LogP) is 4.34. The fourth-order valence-corrected chi connectivity index (χ4v) is 4.67. The Morgan fingerprint density at radius 3 is 1.97 bits per heavy atom. The summed E-state index contributed by atoms with van der Waals surface area (Å²) in [6.07, 6.45) is 1.12. The molecule has 7 nitrogen and oxygen atoms in total. The summed E-state index contributed by atoms with van der Waals surface area (Å²) in [6.45, 7) is 5.38. The van der Waals surface area contributed by atoms with E-state index in [1.165, 1.54) is 36.2 Å². The summed E-state index contributed by atoms with van der Waals surface area (Å²) < 4.78 is 26.9. The maximum absolute atomic E-state index is 13.4. The van der Waals surface area contributed by atoms with E-state index in [1.807, 2.05) is 20.8 Å². The molecule has 0 aromatic heterocycles. The number of benzene rings is 2. The minimum Gasteiger partial charge on any atom is -0.352 e. The van der Waals surface area contributed by atoms with E-state index in [1.54, 1.807) is 24.3 Å². The van der Waals surface area contributed by atoms with Crippen molar-refractivity contribution in [1.82, 2.24) is 14.5 Å². The van der Waals surface area contributed by atoms with Gasteiger partial charge in [-0.25, -0.2) is 8.42 Å². The molecule has 2 atom stereocenters. The molecule has 2 amide bonds. The van der Waals surface area contributed by atoms with Crippen molar-refractivity contribution < 1.29 is 18.0 Å². The van der Waals surface area contributed by atoms with Gasteiger partial charge < -0.3 is 10.2 Å². The van der Waals surface area contributed by atoms with Crippen molar-refractivity contribution in [2.24, 2.45) is 0 Å². The number of likely N-dealkylation sites (N-methyl/N-ethyl adjacent to an activating group) is 1. The molecular formula is C24H31Cl2N3O4S. The SMILES string of the molecule is CC[C@H](C(=O)N[C@@H](C)CC)N(Cc1ccc(Cl)cc1)C(=O)CN(C)S(=O)(=O)c1ccc(Cl)cc1. The summed E-state index contributed by atoms with van der Waals surface area (Å²) >= 11 is 11.9. The summed E-state index contributed by atoms with van der Waals surface area (Å²) in [7, 11) is -2.59. The Morgan fingerprint density at radius 1 is 0.941 bits per heavy atom.